The van der Waals surface area contributed by atoms with E-state index < -0.39 is 0 Å². The summed E-state index contributed by atoms with van der Waals surface area (Å²) in [6, 6.07) is 16.4. The summed E-state index contributed by atoms with van der Waals surface area (Å²) in [7, 11) is 0. The Morgan fingerprint density at radius 2 is 1.95 bits per heavy atom. The average molecular weight is 324 g/mol. The SMILES string of the molecule is c1ccc(CSc2nc3nccc(-c4cccs4)n3n2)cc1. The molecule has 0 aliphatic rings. The van der Waals surface area contributed by atoms with Gasteiger partial charge in [-0.25, -0.2) is 4.98 Å². The molecule has 0 amide bonds. The third-order valence-electron chi connectivity index (χ3n) is 3.21. The molecular formula is C16H12N4S2. The zero-order chi connectivity index (χ0) is 14.8. The summed E-state index contributed by atoms with van der Waals surface area (Å²) >= 11 is 3.31. The minimum Gasteiger partial charge on any atom is -0.220 e. The van der Waals surface area contributed by atoms with Gasteiger partial charge in [-0.15, -0.1) is 16.4 Å². The van der Waals surface area contributed by atoms with E-state index in [1.54, 1.807) is 29.3 Å². The number of nitrogens with zero attached hydrogens (tertiary/aromatic N) is 4. The van der Waals surface area contributed by atoms with E-state index >= 15 is 0 Å². The van der Waals surface area contributed by atoms with E-state index in [1.165, 1.54) is 5.56 Å². The van der Waals surface area contributed by atoms with Crippen LogP contribution in [0.25, 0.3) is 16.3 Å². The van der Waals surface area contributed by atoms with Gasteiger partial charge in [-0.1, -0.05) is 48.2 Å². The molecule has 0 bridgehead atoms. The number of thiophene rings is 1. The van der Waals surface area contributed by atoms with Crippen LogP contribution in [-0.2, 0) is 5.75 Å². The molecule has 0 unspecified atom stereocenters. The highest BCUT2D eigenvalue weighted by atomic mass is 32.2. The molecule has 108 valence electrons. The highest BCUT2D eigenvalue weighted by Crippen LogP contribution is 2.26. The molecule has 0 saturated heterocycles. The van der Waals surface area contributed by atoms with Crippen molar-refractivity contribution in [1.82, 2.24) is 19.6 Å². The number of hydrogen-bond donors (Lipinski definition) is 0. The van der Waals surface area contributed by atoms with Crippen LogP contribution in [-0.4, -0.2) is 19.6 Å². The van der Waals surface area contributed by atoms with Gasteiger partial charge in [0.25, 0.3) is 5.78 Å². The lowest BCUT2D eigenvalue weighted by molar-refractivity contribution is 0.887. The molecule has 0 aliphatic heterocycles. The molecule has 1 aromatic carbocycles. The Hall–Kier alpha value is -2.18. The number of aromatic nitrogens is 4. The number of benzene rings is 1. The third-order valence-corrected chi connectivity index (χ3v) is 5.01. The predicted molar refractivity (Wildman–Crippen MR) is 90.1 cm³/mol. The highest BCUT2D eigenvalue weighted by molar-refractivity contribution is 7.98. The van der Waals surface area contributed by atoms with E-state index in [9.17, 15) is 0 Å². The predicted octanol–water partition coefficient (Wildman–Crippen LogP) is 4.15. The highest BCUT2D eigenvalue weighted by Gasteiger charge is 2.10. The Bertz CT molecular complexity index is 885. The van der Waals surface area contributed by atoms with Crippen molar-refractivity contribution in [2.75, 3.05) is 0 Å². The molecule has 3 aromatic heterocycles. The van der Waals surface area contributed by atoms with Gasteiger partial charge in [0, 0.05) is 11.9 Å². The third kappa shape index (κ3) is 2.63. The van der Waals surface area contributed by atoms with Gasteiger partial charge >= 0.3 is 0 Å². The van der Waals surface area contributed by atoms with E-state index in [0.29, 0.717) is 5.78 Å². The van der Waals surface area contributed by atoms with Crippen LogP contribution in [0.2, 0.25) is 0 Å². The Kier molecular flexibility index (Phi) is 3.62. The largest absolute Gasteiger partial charge is 0.253 e. The fourth-order valence-electron chi connectivity index (χ4n) is 2.17. The van der Waals surface area contributed by atoms with E-state index in [-0.39, 0.29) is 0 Å². The van der Waals surface area contributed by atoms with Crippen molar-refractivity contribution < 1.29 is 0 Å². The summed E-state index contributed by atoms with van der Waals surface area (Å²) in [5, 5.41) is 7.41. The molecule has 0 radical (unpaired) electrons. The molecule has 4 rings (SSSR count). The van der Waals surface area contributed by atoms with Crippen LogP contribution in [0, 0.1) is 0 Å². The minimum atomic E-state index is 0.640. The topological polar surface area (TPSA) is 43.1 Å². The van der Waals surface area contributed by atoms with Crippen molar-refractivity contribution in [3.63, 3.8) is 0 Å². The molecular weight excluding hydrogens is 312 g/mol. The van der Waals surface area contributed by atoms with Crippen LogP contribution in [0.3, 0.4) is 0 Å². The fraction of sp³-hybridized carbons (Fsp3) is 0.0625. The van der Waals surface area contributed by atoms with Crippen LogP contribution in [0.5, 0.6) is 0 Å². The summed E-state index contributed by atoms with van der Waals surface area (Å²) < 4.78 is 1.82. The van der Waals surface area contributed by atoms with Crippen LogP contribution < -0.4 is 0 Å². The quantitative estimate of drug-likeness (QED) is 0.529. The van der Waals surface area contributed by atoms with E-state index in [2.05, 4.69) is 38.6 Å². The van der Waals surface area contributed by atoms with Gasteiger partial charge in [-0.3, -0.25) is 0 Å². The molecule has 6 heteroatoms. The maximum atomic E-state index is 4.60. The summed E-state index contributed by atoms with van der Waals surface area (Å²) in [5.41, 5.74) is 2.29. The lowest BCUT2D eigenvalue weighted by Gasteiger charge is -1.99. The van der Waals surface area contributed by atoms with Gasteiger partial charge in [0.15, 0.2) is 0 Å². The first-order valence-corrected chi connectivity index (χ1v) is 8.69. The molecule has 4 aromatic rings. The molecule has 0 spiro atoms. The van der Waals surface area contributed by atoms with E-state index in [4.69, 9.17) is 0 Å². The lowest BCUT2D eigenvalue weighted by atomic mass is 10.2. The first kappa shape index (κ1) is 13.5. The zero-order valence-corrected chi connectivity index (χ0v) is 13.2. The molecule has 0 saturated carbocycles. The molecule has 3 heterocycles. The molecule has 0 N–H and O–H groups in total. The Morgan fingerprint density at radius 3 is 2.77 bits per heavy atom. The molecule has 0 aliphatic carbocycles. The van der Waals surface area contributed by atoms with E-state index in [0.717, 1.165) is 21.5 Å². The van der Waals surface area contributed by atoms with Crippen molar-refractivity contribution in [3.8, 4) is 10.6 Å². The van der Waals surface area contributed by atoms with Crippen LogP contribution in [0.4, 0.5) is 0 Å². The molecule has 4 nitrogen and oxygen atoms in total. The maximum absolute atomic E-state index is 4.60. The van der Waals surface area contributed by atoms with E-state index in [1.807, 2.05) is 34.8 Å². The number of thioether (sulfide) groups is 1. The maximum Gasteiger partial charge on any atom is 0.253 e. The number of rotatable bonds is 4. The summed E-state index contributed by atoms with van der Waals surface area (Å²) in [6.07, 6.45) is 1.78. The summed E-state index contributed by atoms with van der Waals surface area (Å²) in [5.74, 6) is 1.49. The number of hydrogen-bond acceptors (Lipinski definition) is 5. The monoisotopic (exact) mass is 324 g/mol. The Morgan fingerprint density at radius 1 is 1.05 bits per heavy atom. The van der Waals surface area contributed by atoms with Crippen LogP contribution >= 0.6 is 23.1 Å². The van der Waals surface area contributed by atoms with Crippen molar-refractivity contribution >= 4 is 28.9 Å². The average Bonchev–Trinajstić information content (AvgIpc) is 3.22. The molecule has 0 atom stereocenters. The van der Waals surface area contributed by atoms with Gasteiger partial charge in [0.1, 0.15) is 0 Å². The first-order valence-electron chi connectivity index (χ1n) is 6.82. The second-order valence-electron chi connectivity index (χ2n) is 4.69. The standard InChI is InChI=1S/C16H12N4S2/c1-2-5-12(6-3-1)11-22-16-18-15-17-9-8-13(20(15)19-16)14-7-4-10-21-14/h1-10H,11H2. The van der Waals surface area contributed by atoms with Crippen molar-refractivity contribution in [1.29, 1.82) is 0 Å². The van der Waals surface area contributed by atoms with Crippen LogP contribution in [0.1, 0.15) is 5.56 Å². The minimum absolute atomic E-state index is 0.640. The normalized spacial score (nSPS) is 11.1. The summed E-state index contributed by atoms with van der Waals surface area (Å²) in [6.45, 7) is 0. The fourth-order valence-corrected chi connectivity index (χ4v) is 3.68. The zero-order valence-electron chi connectivity index (χ0n) is 11.6. The van der Waals surface area contributed by atoms with Crippen molar-refractivity contribution in [2.24, 2.45) is 0 Å². The van der Waals surface area contributed by atoms with Gasteiger partial charge in [0.05, 0.1) is 10.6 Å². The van der Waals surface area contributed by atoms with Gasteiger partial charge < -0.3 is 0 Å². The van der Waals surface area contributed by atoms with Gasteiger partial charge in [-0.2, -0.15) is 9.50 Å². The Balaban J connectivity index is 1.65. The molecule has 0 fully saturated rings. The number of fused-ring (bicyclic) bond motifs is 1. The smallest absolute Gasteiger partial charge is 0.220 e. The van der Waals surface area contributed by atoms with Gasteiger partial charge in [-0.05, 0) is 23.1 Å². The van der Waals surface area contributed by atoms with Gasteiger partial charge in [0.2, 0.25) is 5.16 Å². The first-order chi connectivity index (χ1) is 10.9. The van der Waals surface area contributed by atoms with Crippen molar-refractivity contribution in [2.45, 2.75) is 10.9 Å². The second-order valence-corrected chi connectivity index (χ2v) is 6.58. The van der Waals surface area contributed by atoms with Crippen molar-refractivity contribution in [3.05, 3.63) is 65.7 Å². The molecule has 22 heavy (non-hydrogen) atoms. The second kappa shape index (κ2) is 5.90. The Labute approximate surface area is 135 Å². The van der Waals surface area contributed by atoms with Crippen LogP contribution in [0.15, 0.2) is 65.3 Å². The summed E-state index contributed by atoms with van der Waals surface area (Å²) in [4.78, 5) is 9.98. The lowest BCUT2D eigenvalue weighted by Crippen LogP contribution is -1.94.